The number of hydrogen-bond acceptors (Lipinski definition) is 6. The van der Waals surface area contributed by atoms with Crippen LogP contribution in [0.15, 0.2) is 29.2 Å². The van der Waals surface area contributed by atoms with Crippen LogP contribution in [-0.2, 0) is 19.6 Å². The van der Waals surface area contributed by atoms with E-state index < -0.39 is 10.0 Å². The van der Waals surface area contributed by atoms with Gasteiger partial charge in [0.05, 0.1) is 18.0 Å². The van der Waals surface area contributed by atoms with Gasteiger partial charge in [-0.25, -0.2) is 8.42 Å². The predicted octanol–water partition coefficient (Wildman–Crippen LogP) is 1.03. The van der Waals surface area contributed by atoms with Gasteiger partial charge in [0, 0.05) is 45.5 Å². The molecule has 1 fully saturated rings. The van der Waals surface area contributed by atoms with E-state index in [4.69, 9.17) is 4.74 Å². The number of anilines is 1. The lowest BCUT2D eigenvalue weighted by Gasteiger charge is -2.33. The van der Waals surface area contributed by atoms with Crippen LogP contribution in [-0.4, -0.2) is 83.1 Å². The molecule has 2 rings (SSSR count). The average molecular weight is 457 g/mol. The molecule has 28 heavy (non-hydrogen) atoms. The van der Waals surface area contributed by atoms with E-state index in [1.54, 1.807) is 25.3 Å². The summed E-state index contributed by atoms with van der Waals surface area (Å²) in [5.41, 5.74) is 0.469. The second kappa shape index (κ2) is 13.3. The number of nitrogens with one attached hydrogen (secondary N) is 2. The summed E-state index contributed by atoms with van der Waals surface area (Å²) in [7, 11) is -1.96. The lowest BCUT2D eigenvalue weighted by atomic mass is 10.3. The fraction of sp³-hybridized carbons (Fsp3) is 0.588. The predicted molar refractivity (Wildman–Crippen MR) is 115 cm³/mol. The maximum absolute atomic E-state index is 12.8. The Morgan fingerprint density at radius 3 is 2.46 bits per heavy atom. The number of likely N-dealkylation sites (N-methyl/N-ethyl adjacent to an activating group) is 1. The number of sulfonamides is 1. The van der Waals surface area contributed by atoms with E-state index in [2.05, 4.69) is 22.5 Å². The van der Waals surface area contributed by atoms with Crippen molar-refractivity contribution < 1.29 is 17.9 Å². The normalized spacial score (nSPS) is 15.4. The number of benzene rings is 1. The highest BCUT2D eigenvalue weighted by molar-refractivity contribution is 7.89. The number of methoxy groups -OCH3 is 1. The third-order valence-electron chi connectivity index (χ3n) is 4.30. The largest absolute Gasteiger partial charge is 0.383 e. The minimum absolute atomic E-state index is 0. The number of carbonyl (C=O) groups is 1. The van der Waals surface area contributed by atoms with Gasteiger partial charge in [0.2, 0.25) is 15.9 Å². The smallest absolute Gasteiger partial charge is 0.243 e. The van der Waals surface area contributed by atoms with Gasteiger partial charge in [0.1, 0.15) is 0 Å². The van der Waals surface area contributed by atoms with E-state index >= 15 is 0 Å². The Balaban J connectivity index is 0.00000364. The number of carbonyl (C=O) groups excluding carboxylic acids is 1. The van der Waals surface area contributed by atoms with Crippen molar-refractivity contribution in [2.24, 2.45) is 0 Å². The van der Waals surface area contributed by atoms with E-state index in [1.165, 1.54) is 10.4 Å². The average Bonchev–Trinajstić information content (AvgIpc) is 2.65. The Bertz CT molecular complexity index is 698. The van der Waals surface area contributed by atoms with Gasteiger partial charge in [0.15, 0.2) is 0 Å². The number of amides is 1. The fourth-order valence-corrected chi connectivity index (χ4v) is 4.22. The first kappa shape index (κ1) is 27.1. The molecule has 8 nitrogen and oxygen atoms in total. The van der Waals surface area contributed by atoms with Crippen LogP contribution in [0.1, 0.15) is 6.92 Å². The minimum Gasteiger partial charge on any atom is -0.383 e. The van der Waals surface area contributed by atoms with Gasteiger partial charge in [-0.2, -0.15) is 4.31 Å². The number of rotatable bonds is 9. The van der Waals surface area contributed by atoms with Crippen molar-refractivity contribution in [3.63, 3.8) is 0 Å². The Morgan fingerprint density at radius 2 is 1.86 bits per heavy atom. The highest BCUT2D eigenvalue weighted by Gasteiger charge is 2.28. The molecule has 0 radical (unpaired) electrons. The number of nitrogens with zero attached hydrogens (tertiary/aromatic N) is 2. The highest BCUT2D eigenvalue weighted by atomic mass is 35.5. The van der Waals surface area contributed by atoms with Gasteiger partial charge in [-0.3, -0.25) is 4.79 Å². The topological polar surface area (TPSA) is 91.0 Å². The second-order valence-electron chi connectivity index (χ2n) is 6.08. The van der Waals surface area contributed by atoms with Gasteiger partial charge < -0.3 is 20.3 Å². The molecule has 0 atom stereocenters. The first-order valence-corrected chi connectivity index (χ1v) is 10.2. The Kier molecular flexibility index (Phi) is 12.9. The van der Waals surface area contributed by atoms with Crippen molar-refractivity contribution in [1.82, 2.24) is 14.5 Å². The van der Waals surface area contributed by atoms with E-state index in [9.17, 15) is 13.2 Å². The Morgan fingerprint density at radius 1 is 1.18 bits per heavy atom. The zero-order valence-electron chi connectivity index (χ0n) is 16.2. The van der Waals surface area contributed by atoms with Crippen LogP contribution in [0.5, 0.6) is 0 Å². The summed E-state index contributed by atoms with van der Waals surface area (Å²) < 4.78 is 32.1. The van der Waals surface area contributed by atoms with E-state index in [0.717, 1.165) is 19.6 Å². The number of piperazine rings is 1. The summed E-state index contributed by atoms with van der Waals surface area (Å²) in [6.45, 7) is 6.66. The molecule has 11 heteroatoms. The first-order valence-electron chi connectivity index (χ1n) is 8.79. The van der Waals surface area contributed by atoms with Gasteiger partial charge >= 0.3 is 0 Å². The number of ether oxygens (including phenoxy) is 1. The molecule has 1 aromatic rings. The van der Waals surface area contributed by atoms with Gasteiger partial charge in [-0.1, -0.05) is 13.0 Å². The standard InChI is InChI=1S/C17H28N4O4S.2ClH/c1-3-20-8-10-21(11-9-20)26(23,24)16-6-4-5-15(13-16)19-17(22)14-18-7-12-25-2;;/h4-6,13,18H,3,7-12,14H2,1-2H3,(H,19,22);2*1H. The molecule has 0 aliphatic carbocycles. The molecule has 1 saturated heterocycles. The molecule has 1 amide bonds. The first-order chi connectivity index (χ1) is 12.5. The molecule has 0 bridgehead atoms. The summed E-state index contributed by atoms with van der Waals surface area (Å²) in [5.74, 6) is -0.229. The van der Waals surface area contributed by atoms with Crippen LogP contribution in [0.2, 0.25) is 0 Å². The number of halogens is 2. The molecule has 2 N–H and O–H groups in total. The molecule has 1 aromatic carbocycles. The zero-order chi connectivity index (χ0) is 19.0. The quantitative estimate of drug-likeness (QED) is 0.539. The Hall–Kier alpha value is -0.940. The second-order valence-corrected chi connectivity index (χ2v) is 8.02. The molecule has 1 aliphatic rings. The number of hydrogen-bond donors (Lipinski definition) is 2. The Labute approximate surface area is 179 Å². The molecule has 0 saturated carbocycles. The van der Waals surface area contributed by atoms with Crippen LogP contribution in [0, 0.1) is 0 Å². The summed E-state index contributed by atoms with van der Waals surface area (Å²) >= 11 is 0. The molecular formula is C17H30Cl2N4O4S. The van der Waals surface area contributed by atoms with E-state index in [0.29, 0.717) is 31.9 Å². The lowest BCUT2D eigenvalue weighted by molar-refractivity contribution is -0.115. The van der Waals surface area contributed by atoms with Crippen LogP contribution >= 0.6 is 24.8 Å². The van der Waals surface area contributed by atoms with E-state index in [1.807, 2.05) is 0 Å². The van der Waals surface area contributed by atoms with E-state index in [-0.39, 0.29) is 42.2 Å². The maximum atomic E-state index is 12.8. The minimum atomic E-state index is -3.55. The summed E-state index contributed by atoms with van der Waals surface area (Å²) in [6.07, 6.45) is 0. The highest BCUT2D eigenvalue weighted by Crippen LogP contribution is 2.21. The van der Waals surface area contributed by atoms with Gasteiger partial charge in [0.25, 0.3) is 0 Å². The monoisotopic (exact) mass is 456 g/mol. The molecule has 0 spiro atoms. The van der Waals surface area contributed by atoms with Gasteiger partial charge in [-0.05, 0) is 24.7 Å². The van der Waals surface area contributed by atoms with Crippen molar-refractivity contribution in [2.45, 2.75) is 11.8 Å². The summed E-state index contributed by atoms with van der Waals surface area (Å²) in [4.78, 5) is 14.4. The third-order valence-corrected chi connectivity index (χ3v) is 6.20. The van der Waals surface area contributed by atoms with Crippen molar-refractivity contribution in [3.8, 4) is 0 Å². The molecule has 1 aliphatic heterocycles. The third kappa shape index (κ3) is 7.82. The molecule has 162 valence electrons. The summed E-state index contributed by atoms with van der Waals surface area (Å²) in [5, 5.41) is 5.66. The molecule has 0 unspecified atom stereocenters. The van der Waals surface area contributed by atoms with Gasteiger partial charge in [-0.15, -0.1) is 24.8 Å². The molecule has 0 aromatic heterocycles. The molecule has 1 heterocycles. The van der Waals surface area contributed by atoms with Crippen LogP contribution < -0.4 is 10.6 Å². The van der Waals surface area contributed by atoms with Crippen LogP contribution in [0.25, 0.3) is 0 Å². The van der Waals surface area contributed by atoms with Crippen LogP contribution in [0.3, 0.4) is 0 Å². The van der Waals surface area contributed by atoms with Crippen LogP contribution in [0.4, 0.5) is 5.69 Å². The fourth-order valence-electron chi connectivity index (χ4n) is 2.75. The summed E-state index contributed by atoms with van der Waals surface area (Å²) in [6, 6.07) is 6.40. The lowest BCUT2D eigenvalue weighted by Crippen LogP contribution is -2.48. The maximum Gasteiger partial charge on any atom is 0.243 e. The SMILES string of the molecule is CCN1CCN(S(=O)(=O)c2cccc(NC(=O)CNCCOC)c2)CC1.Cl.Cl. The van der Waals surface area contributed by atoms with Crippen molar-refractivity contribution >= 4 is 46.4 Å². The van der Waals surface area contributed by atoms with Crippen molar-refractivity contribution in [2.75, 3.05) is 64.8 Å². The zero-order valence-corrected chi connectivity index (χ0v) is 18.7. The van der Waals surface area contributed by atoms with Crippen molar-refractivity contribution in [3.05, 3.63) is 24.3 Å². The van der Waals surface area contributed by atoms with Crippen molar-refractivity contribution in [1.29, 1.82) is 0 Å². The molecular weight excluding hydrogens is 427 g/mol.